The number of fused-ring (bicyclic) bond motifs is 1. The Bertz CT molecular complexity index is 1170. The van der Waals surface area contributed by atoms with Crippen molar-refractivity contribution in [1.29, 1.82) is 0 Å². The molecule has 0 radical (unpaired) electrons. The van der Waals surface area contributed by atoms with Gasteiger partial charge in [-0.05, 0) is 42.3 Å². The monoisotopic (exact) mass is 422 g/mol. The zero-order valence-electron chi connectivity index (χ0n) is 15.4. The number of amides is 1. The van der Waals surface area contributed by atoms with Crippen LogP contribution in [0.2, 0.25) is 0 Å². The number of rotatable bonds is 6. The lowest BCUT2D eigenvalue weighted by molar-refractivity contribution is -0.140. The molecule has 158 valence electrons. The number of imidazole rings is 1. The summed E-state index contributed by atoms with van der Waals surface area (Å²) in [6.07, 6.45) is -4.55. The molecule has 0 fully saturated rings. The normalized spacial score (nSPS) is 12.7. The van der Waals surface area contributed by atoms with E-state index in [-0.39, 0.29) is 23.0 Å². The lowest BCUT2D eigenvalue weighted by atomic mass is 10.1. The molecule has 0 spiro atoms. The largest absolute Gasteiger partial charge is 0.480 e. The number of aliphatic carboxylic acids is 1. The van der Waals surface area contributed by atoms with Crippen LogP contribution in [0.5, 0.6) is 0 Å². The van der Waals surface area contributed by atoms with Crippen molar-refractivity contribution in [2.45, 2.75) is 25.2 Å². The van der Waals surface area contributed by atoms with E-state index in [1.54, 1.807) is 24.3 Å². The number of H-pyrrole nitrogens is 1. The Hall–Kier alpha value is -3.60. The maximum Gasteiger partial charge on any atom is 0.406 e. The second-order valence-corrected chi connectivity index (χ2v) is 6.67. The SMILES string of the molecule is N[C@@H](Cc1cccc(NC(=O)c2ccc3[nH]c(=O)n(CC(F)(F)F)c3c2)c1)C(=O)O. The van der Waals surface area contributed by atoms with Crippen LogP contribution in [-0.2, 0) is 17.8 Å². The lowest BCUT2D eigenvalue weighted by Gasteiger charge is -2.10. The molecule has 1 heterocycles. The van der Waals surface area contributed by atoms with Gasteiger partial charge in [-0.25, -0.2) is 4.79 Å². The highest BCUT2D eigenvalue weighted by atomic mass is 19.4. The minimum absolute atomic E-state index is 0.0464. The van der Waals surface area contributed by atoms with Crippen molar-refractivity contribution in [1.82, 2.24) is 9.55 Å². The molecule has 2 aromatic carbocycles. The van der Waals surface area contributed by atoms with Crippen molar-refractivity contribution in [3.63, 3.8) is 0 Å². The van der Waals surface area contributed by atoms with Gasteiger partial charge in [0, 0.05) is 11.3 Å². The summed E-state index contributed by atoms with van der Waals surface area (Å²) in [5.74, 6) is -1.77. The molecule has 0 aliphatic rings. The van der Waals surface area contributed by atoms with Gasteiger partial charge in [-0.2, -0.15) is 13.2 Å². The Morgan fingerprint density at radius 1 is 1.20 bits per heavy atom. The van der Waals surface area contributed by atoms with Crippen molar-refractivity contribution in [3.8, 4) is 0 Å². The molecule has 5 N–H and O–H groups in total. The van der Waals surface area contributed by atoms with Crippen LogP contribution in [0.25, 0.3) is 11.0 Å². The first-order valence-corrected chi connectivity index (χ1v) is 8.71. The fourth-order valence-electron chi connectivity index (χ4n) is 2.95. The van der Waals surface area contributed by atoms with E-state index in [4.69, 9.17) is 10.8 Å². The van der Waals surface area contributed by atoms with E-state index < -0.39 is 36.3 Å². The molecule has 30 heavy (non-hydrogen) atoms. The van der Waals surface area contributed by atoms with Gasteiger partial charge in [0.15, 0.2) is 0 Å². The Balaban J connectivity index is 1.84. The first-order valence-electron chi connectivity index (χ1n) is 8.71. The summed E-state index contributed by atoms with van der Waals surface area (Å²) in [6, 6.07) is 9.19. The first-order chi connectivity index (χ1) is 14.0. The molecular formula is C19H17F3N4O4. The molecular weight excluding hydrogens is 405 g/mol. The smallest absolute Gasteiger partial charge is 0.406 e. The number of aromatic nitrogens is 2. The molecule has 1 aromatic heterocycles. The molecule has 0 saturated heterocycles. The van der Waals surface area contributed by atoms with E-state index in [0.717, 1.165) is 0 Å². The number of carbonyl (C=O) groups excluding carboxylic acids is 1. The van der Waals surface area contributed by atoms with Gasteiger partial charge in [0.05, 0.1) is 11.0 Å². The molecule has 1 atom stereocenters. The second kappa shape index (κ2) is 8.03. The molecule has 1 amide bonds. The number of carboxylic acids is 1. The fourth-order valence-corrected chi connectivity index (χ4v) is 2.95. The third-order valence-corrected chi connectivity index (χ3v) is 4.33. The van der Waals surface area contributed by atoms with Crippen molar-refractivity contribution in [3.05, 3.63) is 64.1 Å². The van der Waals surface area contributed by atoms with E-state index in [1.165, 1.54) is 18.2 Å². The van der Waals surface area contributed by atoms with Gasteiger partial charge in [-0.1, -0.05) is 12.1 Å². The van der Waals surface area contributed by atoms with Crippen LogP contribution in [0.4, 0.5) is 18.9 Å². The first kappa shape index (κ1) is 21.1. The minimum atomic E-state index is -4.60. The number of alkyl halides is 3. The maximum atomic E-state index is 12.8. The van der Waals surface area contributed by atoms with E-state index in [2.05, 4.69) is 10.3 Å². The van der Waals surface area contributed by atoms with Gasteiger partial charge in [-0.3, -0.25) is 14.2 Å². The highest BCUT2D eigenvalue weighted by molar-refractivity contribution is 6.06. The van der Waals surface area contributed by atoms with Crippen LogP contribution in [0.3, 0.4) is 0 Å². The average Bonchev–Trinajstić information content (AvgIpc) is 2.95. The van der Waals surface area contributed by atoms with Crippen LogP contribution in [0.1, 0.15) is 15.9 Å². The molecule has 3 rings (SSSR count). The molecule has 0 bridgehead atoms. The fraction of sp³-hybridized carbons (Fsp3) is 0.211. The Kier molecular flexibility index (Phi) is 5.65. The Morgan fingerprint density at radius 2 is 1.93 bits per heavy atom. The molecule has 3 aromatic rings. The van der Waals surface area contributed by atoms with Crippen molar-refractivity contribution in [2.24, 2.45) is 5.73 Å². The third kappa shape index (κ3) is 4.87. The quantitative estimate of drug-likeness (QED) is 0.483. The summed E-state index contributed by atoms with van der Waals surface area (Å²) in [5.41, 5.74) is 5.69. The second-order valence-electron chi connectivity index (χ2n) is 6.67. The lowest BCUT2D eigenvalue weighted by Crippen LogP contribution is -2.32. The molecule has 0 unspecified atom stereocenters. The van der Waals surface area contributed by atoms with Crippen LogP contribution in [0.15, 0.2) is 47.3 Å². The number of nitrogens with two attached hydrogens (primary N) is 1. The highest BCUT2D eigenvalue weighted by Crippen LogP contribution is 2.21. The Labute approximate surface area is 167 Å². The summed E-state index contributed by atoms with van der Waals surface area (Å²) >= 11 is 0. The molecule has 11 heteroatoms. The van der Waals surface area contributed by atoms with Gasteiger partial charge in [0.2, 0.25) is 0 Å². The number of carbonyl (C=O) groups is 2. The zero-order valence-corrected chi connectivity index (χ0v) is 15.4. The van der Waals surface area contributed by atoms with E-state index >= 15 is 0 Å². The van der Waals surface area contributed by atoms with Gasteiger partial charge < -0.3 is 21.1 Å². The average molecular weight is 422 g/mol. The van der Waals surface area contributed by atoms with Gasteiger partial charge in [0.25, 0.3) is 5.91 Å². The van der Waals surface area contributed by atoms with Gasteiger partial charge in [-0.15, -0.1) is 0 Å². The molecule has 0 aliphatic carbocycles. The predicted molar refractivity (Wildman–Crippen MR) is 102 cm³/mol. The number of aromatic amines is 1. The summed E-state index contributed by atoms with van der Waals surface area (Å²) in [5, 5.41) is 11.5. The van der Waals surface area contributed by atoms with Crippen molar-refractivity contribution >= 4 is 28.6 Å². The summed E-state index contributed by atoms with van der Waals surface area (Å²) < 4.78 is 38.8. The number of nitrogens with one attached hydrogen (secondary N) is 2. The number of benzene rings is 2. The van der Waals surface area contributed by atoms with Crippen LogP contribution < -0.4 is 16.7 Å². The molecule has 8 nitrogen and oxygen atoms in total. The summed E-state index contributed by atoms with van der Waals surface area (Å²) in [6.45, 7) is -1.48. The highest BCUT2D eigenvalue weighted by Gasteiger charge is 2.30. The number of nitrogens with zero attached hydrogens (tertiary/aromatic N) is 1. The minimum Gasteiger partial charge on any atom is -0.480 e. The van der Waals surface area contributed by atoms with Crippen LogP contribution in [-0.4, -0.2) is 38.8 Å². The van der Waals surface area contributed by atoms with Crippen molar-refractivity contribution < 1.29 is 27.9 Å². The van der Waals surface area contributed by atoms with Gasteiger partial charge >= 0.3 is 17.8 Å². The topological polar surface area (TPSA) is 130 Å². The third-order valence-electron chi connectivity index (χ3n) is 4.33. The molecule has 0 saturated carbocycles. The number of hydrogen-bond acceptors (Lipinski definition) is 4. The van der Waals surface area contributed by atoms with E-state index in [9.17, 15) is 27.6 Å². The van der Waals surface area contributed by atoms with Crippen LogP contribution in [0, 0.1) is 0 Å². The number of hydrogen-bond donors (Lipinski definition) is 4. The Morgan fingerprint density at radius 3 is 2.60 bits per heavy atom. The summed E-state index contributed by atoms with van der Waals surface area (Å²) in [4.78, 5) is 37.6. The van der Waals surface area contributed by atoms with Gasteiger partial charge in [0.1, 0.15) is 12.6 Å². The van der Waals surface area contributed by atoms with E-state index in [1.807, 2.05) is 0 Å². The van der Waals surface area contributed by atoms with Crippen LogP contribution >= 0.6 is 0 Å². The standard InChI is InChI=1S/C19H17F3N4O4/c20-19(21,22)9-26-15-8-11(4-5-14(15)25-18(26)30)16(27)24-12-3-1-2-10(6-12)7-13(23)17(28)29/h1-6,8,13H,7,9,23H2,(H,24,27)(H,25,30)(H,28,29)/t13-/m0/s1. The molecule has 0 aliphatic heterocycles. The maximum absolute atomic E-state index is 12.8. The number of halogens is 3. The summed E-state index contributed by atoms with van der Waals surface area (Å²) in [7, 11) is 0. The predicted octanol–water partition coefficient (Wildman–Crippen LogP) is 2.10. The van der Waals surface area contributed by atoms with E-state index in [0.29, 0.717) is 15.8 Å². The number of anilines is 1. The van der Waals surface area contributed by atoms with Crippen molar-refractivity contribution in [2.75, 3.05) is 5.32 Å². The number of carboxylic acid groups (broad SMARTS) is 1. The zero-order chi connectivity index (χ0) is 22.1.